The van der Waals surface area contributed by atoms with Gasteiger partial charge in [-0.3, -0.25) is 4.79 Å². The van der Waals surface area contributed by atoms with Crippen molar-refractivity contribution in [2.24, 2.45) is 0 Å². The van der Waals surface area contributed by atoms with Gasteiger partial charge in [-0.2, -0.15) is 0 Å². The van der Waals surface area contributed by atoms with Crippen molar-refractivity contribution in [3.8, 4) is 0 Å². The molecule has 0 saturated carbocycles. The van der Waals surface area contributed by atoms with Crippen LogP contribution in [0, 0.1) is 0 Å². The molecule has 0 fully saturated rings. The summed E-state index contributed by atoms with van der Waals surface area (Å²) in [6.07, 6.45) is 0.0136. The number of hydrogen-bond donors (Lipinski definition) is 1. The predicted octanol–water partition coefficient (Wildman–Crippen LogP) is 1.60. The molecule has 0 spiro atoms. The zero-order valence-electron chi connectivity index (χ0n) is 11.3. The Hall–Kier alpha value is -1.12. The molecular formula is C12H17BrN2O4S. The largest absolute Gasteiger partial charge is 0.466 e. The molecule has 0 atom stereocenters. The van der Waals surface area contributed by atoms with E-state index in [1.165, 1.54) is 25.2 Å². The van der Waals surface area contributed by atoms with E-state index in [2.05, 4.69) is 15.9 Å². The minimum Gasteiger partial charge on any atom is -0.466 e. The average Bonchev–Trinajstić information content (AvgIpc) is 2.39. The highest BCUT2D eigenvalue weighted by Crippen LogP contribution is 2.24. The van der Waals surface area contributed by atoms with Gasteiger partial charge in [-0.15, -0.1) is 0 Å². The number of benzene rings is 1. The second kappa shape index (κ2) is 7.05. The fraction of sp³-hybridized carbons (Fsp3) is 0.417. The lowest BCUT2D eigenvalue weighted by Gasteiger charge is -2.17. The Balaban J connectivity index is 2.82. The van der Waals surface area contributed by atoms with Gasteiger partial charge in [-0.25, -0.2) is 12.7 Å². The normalized spacial score (nSPS) is 11.6. The Bertz CT molecular complexity index is 589. The fourth-order valence-electron chi connectivity index (χ4n) is 1.45. The maximum absolute atomic E-state index is 12.3. The third-order valence-electron chi connectivity index (χ3n) is 2.62. The number of carbonyl (C=O) groups is 1. The molecule has 0 radical (unpaired) electrons. The Morgan fingerprint density at radius 1 is 1.45 bits per heavy atom. The summed E-state index contributed by atoms with van der Waals surface area (Å²) in [6.45, 7) is 2.04. The summed E-state index contributed by atoms with van der Waals surface area (Å²) in [7, 11) is -2.23. The first-order valence-electron chi connectivity index (χ1n) is 5.96. The van der Waals surface area contributed by atoms with Crippen molar-refractivity contribution < 1.29 is 17.9 Å². The maximum Gasteiger partial charge on any atom is 0.307 e. The van der Waals surface area contributed by atoms with Gasteiger partial charge in [0.05, 0.1) is 17.9 Å². The van der Waals surface area contributed by atoms with E-state index in [0.29, 0.717) is 10.2 Å². The number of nitrogens with two attached hydrogens (primary N) is 1. The van der Waals surface area contributed by atoms with E-state index in [1.807, 2.05) is 0 Å². The number of nitrogen functional groups attached to an aromatic ring is 1. The quantitative estimate of drug-likeness (QED) is 0.611. The molecule has 1 rings (SSSR count). The van der Waals surface area contributed by atoms with Crippen molar-refractivity contribution in [3.63, 3.8) is 0 Å². The van der Waals surface area contributed by atoms with Gasteiger partial charge in [0, 0.05) is 23.8 Å². The molecule has 8 heteroatoms. The molecular weight excluding hydrogens is 348 g/mol. The van der Waals surface area contributed by atoms with Crippen molar-refractivity contribution in [2.45, 2.75) is 18.2 Å². The van der Waals surface area contributed by atoms with E-state index in [4.69, 9.17) is 10.5 Å². The number of rotatable bonds is 6. The minimum absolute atomic E-state index is 0.0136. The zero-order valence-corrected chi connectivity index (χ0v) is 13.7. The number of halogens is 1. The summed E-state index contributed by atoms with van der Waals surface area (Å²) in [5.41, 5.74) is 6.08. The van der Waals surface area contributed by atoms with Crippen molar-refractivity contribution in [1.29, 1.82) is 0 Å². The van der Waals surface area contributed by atoms with Crippen LogP contribution in [0.3, 0.4) is 0 Å². The lowest BCUT2D eigenvalue weighted by atomic mass is 10.3. The summed E-state index contributed by atoms with van der Waals surface area (Å²) in [6, 6.07) is 4.37. The Kier molecular flexibility index (Phi) is 5.97. The van der Waals surface area contributed by atoms with Gasteiger partial charge < -0.3 is 10.5 Å². The van der Waals surface area contributed by atoms with E-state index < -0.39 is 16.0 Å². The number of ether oxygens (including phenoxy) is 1. The number of hydrogen-bond acceptors (Lipinski definition) is 5. The topological polar surface area (TPSA) is 89.7 Å². The van der Waals surface area contributed by atoms with Crippen LogP contribution in [0.1, 0.15) is 13.3 Å². The third kappa shape index (κ3) is 4.19. The molecule has 0 saturated heterocycles. The maximum atomic E-state index is 12.3. The van der Waals surface area contributed by atoms with Crippen molar-refractivity contribution in [2.75, 3.05) is 25.9 Å². The molecule has 0 unspecified atom stereocenters. The summed E-state index contributed by atoms with van der Waals surface area (Å²) in [5.74, 6) is -0.423. The smallest absolute Gasteiger partial charge is 0.307 e. The van der Waals surface area contributed by atoms with Gasteiger partial charge in [-0.1, -0.05) is 0 Å². The van der Waals surface area contributed by atoms with Gasteiger partial charge in [0.25, 0.3) is 0 Å². The summed E-state index contributed by atoms with van der Waals surface area (Å²) in [4.78, 5) is 11.4. The molecule has 0 aliphatic heterocycles. The van der Waals surface area contributed by atoms with Crippen LogP contribution in [0.15, 0.2) is 27.6 Å². The predicted molar refractivity (Wildman–Crippen MR) is 79.6 cm³/mol. The number of nitrogens with zero attached hydrogens (tertiary/aromatic N) is 1. The van der Waals surface area contributed by atoms with E-state index in [0.717, 1.165) is 4.31 Å². The monoisotopic (exact) mass is 364 g/mol. The molecule has 0 aromatic heterocycles. The van der Waals surface area contributed by atoms with Crippen LogP contribution in [0.25, 0.3) is 0 Å². The second-order valence-corrected chi connectivity index (χ2v) is 6.96. The van der Waals surface area contributed by atoms with Crippen molar-refractivity contribution in [1.82, 2.24) is 4.31 Å². The Morgan fingerprint density at radius 2 is 2.10 bits per heavy atom. The highest BCUT2D eigenvalue weighted by molar-refractivity contribution is 9.10. The molecule has 2 N–H and O–H groups in total. The number of esters is 1. The van der Waals surface area contributed by atoms with Gasteiger partial charge in [0.1, 0.15) is 0 Å². The van der Waals surface area contributed by atoms with E-state index in [-0.39, 0.29) is 24.5 Å². The average molecular weight is 365 g/mol. The van der Waals surface area contributed by atoms with Gasteiger partial charge in [0.2, 0.25) is 10.0 Å². The van der Waals surface area contributed by atoms with Gasteiger partial charge >= 0.3 is 5.97 Å². The van der Waals surface area contributed by atoms with E-state index >= 15 is 0 Å². The van der Waals surface area contributed by atoms with Crippen LogP contribution in [0.4, 0.5) is 5.69 Å². The van der Waals surface area contributed by atoms with Crippen molar-refractivity contribution >= 4 is 37.6 Å². The number of sulfonamides is 1. The zero-order chi connectivity index (χ0) is 15.3. The first kappa shape index (κ1) is 16.9. The molecule has 0 amide bonds. The van der Waals surface area contributed by atoms with Crippen LogP contribution < -0.4 is 5.73 Å². The summed E-state index contributed by atoms with van der Waals surface area (Å²) in [5, 5.41) is 0. The lowest BCUT2D eigenvalue weighted by molar-refractivity contribution is -0.143. The molecule has 0 bridgehead atoms. The third-order valence-corrected chi connectivity index (χ3v) is 5.16. The number of anilines is 1. The first-order valence-corrected chi connectivity index (χ1v) is 8.19. The Labute approximate surface area is 127 Å². The summed E-state index contributed by atoms with van der Waals surface area (Å²) < 4.78 is 30.9. The highest BCUT2D eigenvalue weighted by atomic mass is 79.9. The van der Waals surface area contributed by atoms with Crippen LogP contribution >= 0.6 is 15.9 Å². The second-order valence-electron chi connectivity index (χ2n) is 4.06. The highest BCUT2D eigenvalue weighted by Gasteiger charge is 2.22. The SMILES string of the molecule is CCOC(=O)CCN(C)S(=O)(=O)c1ccc(N)c(Br)c1. The van der Waals surface area contributed by atoms with E-state index in [1.54, 1.807) is 6.92 Å². The Morgan fingerprint density at radius 3 is 2.65 bits per heavy atom. The van der Waals surface area contributed by atoms with Crippen LogP contribution in [0.2, 0.25) is 0 Å². The van der Waals surface area contributed by atoms with Crippen LogP contribution in [-0.4, -0.2) is 38.9 Å². The lowest BCUT2D eigenvalue weighted by Crippen LogP contribution is -2.29. The molecule has 0 heterocycles. The van der Waals surface area contributed by atoms with Gasteiger partial charge in [0.15, 0.2) is 0 Å². The molecule has 1 aromatic carbocycles. The van der Waals surface area contributed by atoms with Gasteiger partial charge in [-0.05, 0) is 41.1 Å². The first-order chi connectivity index (χ1) is 9.28. The number of carbonyl (C=O) groups excluding carboxylic acids is 1. The molecule has 0 aliphatic rings. The minimum atomic E-state index is -3.65. The fourth-order valence-corrected chi connectivity index (χ4v) is 3.18. The molecule has 20 heavy (non-hydrogen) atoms. The molecule has 6 nitrogen and oxygen atoms in total. The standard InChI is InChI=1S/C12H17BrN2O4S/c1-3-19-12(16)6-7-15(2)20(17,18)9-4-5-11(14)10(13)8-9/h4-5,8H,3,6-7,14H2,1-2H3. The summed E-state index contributed by atoms with van der Waals surface area (Å²) >= 11 is 3.19. The van der Waals surface area contributed by atoms with Crippen LogP contribution in [-0.2, 0) is 19.6 Å². The van der Waals surface area contributed by atoms with Crippen molar-refractivity contribution in [3.05, 3.63) is 22.7 Å². The molecule has 0 aliphatic carbocycles. The van der Waals surface area contributed by atoms with E-state index in [9.17, 15) is 13.2 Å². The van der Waals surface area contributed by atoms with Crippen LogP contribution in [0.5, 0.6) is 0 Å². The molecule has 1 aromatic rings. The molecule has 112 valence electrons.